The second-order valence-corrected chi connectivity index (χ2v) is 7.52. The lowest BCUT2D eigenvalue weighted by Crippen LogP contribution is -2.52. The molecule has 0 bridgehead atoms. The van der Waals surface area contributed by atoms with Crippen molar-refractivity contribution >= 4 is 35.5 Å². The summed E-state index contributed by atoms with van der Waals surface area (Å²) in [5.41, 5.74) is -0.384. The smallest absolute Gasteiger partial charge is 0.407 e. The molecule has 132 valence electrons. The molecule has 0 heterocycles. The second-order valence-electron chi connectivity index (χ2n) is 6.70. The zero-order valence-corrected chi connectivity index (χ0v) is 16.0. The third kappa shape index (κ3) is 4.74. The quantitative estimate of drug-likeness (QED) is 0.546. The number of benzene rings is 1. The van der Waals surface area contributed by atoms with E-state index in [0.717, 1.165) is 5.56 Å². The molecule has 24 heavy (non-hydrogen) atoms. The molecule has 0 aliphatic carbocycles. The molecule has 4 nitrogen and oxygen atoms in total. The Balaban J connectivity index is 3.50. The molecule has 1 aromatic carbocycles. The fourth-order valence-electron chi connectivity index (χ4n) is 2.63. The highest BCUT2D eigenvalue weighted by Gasteiger charge is 2.37. The van der Waals surface area contributed by atoms with Gasteiger partial charge in [0.25, 0.3) is 0 Å². The van der Waals surface area contributed by atoms with Crippen molar-refractivity contribution in [3.63, 3.8) is 0 Å². The fourth-order valence-corrected chi connectivity index (χ4v) is 2.92. The Hall–Kier alpha value is -1.52. The van der Waals surface area contributed by atoms with Crippen LogP contribution in [0.5, 0.6) is 0 Å². The summed E-state index contributed by atoms with van der Waals surface area (Å²) in [6.07, 6.45) is 3.05. The summed E-state index contributed by atoms with van der Waals surface area (Å²) in [5.74, 6) is 0. The molecular formula is C18H24Cl2N2O2. The Kier molecular flexibility index (Phi) is 6.87. The van der Waals surface area contributed by atoms with Crippen LogP contribution in [0.1, 0.15) is 32.8 Å². The molecule has 0 aliphatic heterocycles. The SMILES string of the molecule is C=CCC(C=NC)(CN(C(=O)O)C(C)(C)C)c1ccc(Cl)c(Cl)c1. The van der Waals surface area contributed by atoms with Gasteiger partial charge in [-0.3, -0.25) is 4.99 Å². The van der Waals surface area contributed by atoms with Crippen molar-refractivity contribution in [3.8, 4) is 0 Å². The standard InChI is InChI=1S/C18H24Cl2N2O2/c1-6-9-18(11-21-5,12-22(16(23)24)17(2,3)4)13-7-8-14(19)15(20)10-13/h6-8,10-11H,1,9,12H2,2-5H3,(H,23,24). The van der Waals surface area contributed by atoms with Gasteiger partial charge in [0.15, 0.2) is 0 Å². The number of hydrogen-bond acceptors (Lipinski definition) is 2. The van der Waals surface area contributed by atoms with Crippen LogP contribution in [0, 0.1) is 0 Å². The summed E-state index contributed by atoms with van der Waals surface area (Å²) in [6.45, 7) is 9.63. The molecule has 0 saturated carbocycles. The van der Waals surface area contributed by atoms with Gasteiger partial charge in [-0.1, -0.05) is 35.3 Å². The molecular weight excluding hydrogens is 347 g/mol. The van der Waals surface area contributed by atoms with Crippen LogP contribution in [0.15, 0.2) is 35.8 Å². The second kappa shape index (κ2) is 8.04. The first-order valence-corrected chi connectivity index (χ1v) is 8.33. The van der Waals surface area contributed by atoms with Gasteiger partial charge in [0.2, 0.25) is 0 Å². The molecule has 0 aliphatic rings. The molecule has 0 radical (unpaired) electrons. The highest BCUT2D eigenvalue weighted by Crippen LogP contribution is 2.34. The van der Waals surface area contributed by atoms with E-state index in [9.17, 15) is 9.90 Å². The summed E-state index contributed by atoms with van der Waals surface area (Å²) in [4.78, 5) is 17.4. The molecule has 0 fully saturated rings. The van der Waals surface area contributed by atoms with E-state index in [0.29, 0.717) is 16.5 Å². The lowest BCUT2D eigenvalue weighted by Gasteiger charge is -2.41. The summed E-state index contributed by atoms with van der Waals surface area (Å²) >= 11 is 12.2. The van der Waals surface area contributed by atoms with E-state index in [1.165, 1.54) is 4.90 Å². The number of nitrogens with zero attached hydrogens (tertiary/aromatic N) is 2. The number of allylic oxidation sites excluding steroid dienone is 1. The lowest BCUT2D eigenvalue weighted by atomic mass is 9.77. The van der Waals surface area contributed by atoms with Gasteiger partial charge in [-0.25, -0.2) is 4.79 Å². The Bertz CT molecular complexity index is 638. The first-order chi connectivity index (χ1) is 11.1. The maximum absolute atomic E-state index is 11.8. The Morgan fingerprint density at radius 2 is 1.96 bits per heavy atom. The lowest BCUT2D eigenvalue weighted by molar-refractivity contribution is 0.0910. The van der Waals surface area contributed by atoms with E-state index >= 15 is 0 Å². The minimum absolute atomic E-state index is 0.229. The molecule has 6 heteroatoms. The maximum atomic E-state index is 11.8. The van der Waals surface area contributed by atoms with E-state index in [1.54, 1.807) is 31.5 Å². The van der Waals surface area contributed by atoms with Crippen LogP contribution in [-0.2, 0) is 5.41 Å². The molecule has 1 N–H and O–H groups in total. The van der Waals surface area contributed by atoms with Gasteiger partial charge in [-0.05, 0) is 44.9 Å². The third-order valence-corrected chi connectivity index (χ3v) is 4.60. The zero-order chi connectivity index (χ0) is 18.5. The van der Waals surface area contributed by atoms with Crippen LogP contribution in [0.4, 0.5) is 4.79 Å². The van der Waals surface area contributed by atoms with E-state index in [4.69, 9.17) is 23.2 Å². The predicted molar refractivity (Wildman–Crippen MR) is 102 cm³/mol. The number of aliphatic imine (C=N–C) groups is 1. The van der Waals surface area contributed by atoms with Crippen molar-refractivity contribution in [1.82, 2.24) is 4.90 Å². The van der Waals surface area contributed by atoms with Crippen LogP contribution < -0.4 is 0 Å². The number of carbonyl (C=O) groups is 1. The van der Waals surface area contributed by atoms with E-state index < -0.39 is 17.0 Å². The summed E-state index contributed by atoms with van der Waals surface area (Å²) in [5, 5.41) is 10.5. The van der Waals surface area contributed by atoms with Gasteiger partial charge in [-0.2, -0.15) is 0 Å². The first-order valence-electron chi connectivity index (χ1n) is 7.57. The first kappa shape index (κ1) is 20.5. The number of rotatable bonds is 6. The molecule has 0 saturated heterocycles. The van der Waals surface area contributed by atoms with Crippen molar-refractivity contribution in [3.05, 3.63) is 46.5 Å². The minimum Gasteiger partial charge on any atom is -0.465 e. The van der Waals surface area contributed by atoms with Crippen molar-refractivity contribution in [2.24, 2.45) is 4.99 Å². The molecule has 0 spiro atoms. The van der Waals surface area contributed by atoms with Crippen LogP contribution in [-0.4, -0.2) is 41.4 Å². The molecule has 1 aromatic rings. The number of halogens is 2. The monoisotopic (exact) mass is 370 g/mol. The van der Waals surface area contributed by atoms with Gasteiger partial charge in [-0.15, -0.1) is 6.58 Å². The maximum Gasteiger partial charge on any atom is 0.407 e. The van der Waals surface area contributed by atoms with E-state index in [2.05, 4.69) is 11.6 Å². The van der Waals surface area contributed by atoms with Crippen molar-refractivity contribution in [1.29, 1.82) is 0 Å². The van der Waals surface area contributed by atoms with Gasteiger partial charge < -0.3 is 10.0 Å². The number of amides is 1. The van der Waals surface area contributed by atoms with Gasteiger partial charge >= 0.3 is 6.09 Å². The summed E-state index contributed by atoms with van der Waals surface area (Å²) < 4.78 is 0. The topological polar surface area (TPSA) is 52.9 Å². The highest BCUT2D eigenvalue weighted by molar-refractivity contribution is 6.42. The van der Waals surface area contributed by atoms with Crippen LogP contribution >= 0.6 is 23.2 Å². The minimum atomic E-state index is -0.986. The van der Waals surface area contributed by atoms with Gasteiger partial charge in [0, 0.05) is 25.3 Å². The summed E-state index contributed by atoms with van der Waals surface area (Å²) in [7, 11) is 1.66. The van der Waals surface area contributed by atoms with Crippen LogP contribution in [0.2, 0.25) is 10.0 Å². The van der Waals surface area contributed by atoms with E-state index in [1.807, 2.05) is 26.8 Å². The Morgan fingerprint density at radius 3 is 2.38 bits per heavy atom. The average molecular weight is 371 g/mol. The largest absolute Gasteiger partial charge is 0.465 e. The fraction of sp³-hybridized carbons (Fsp3) is 0.444. The van der Waals surface area contributed by atoms with Crippen LogP contribution in [0.25, 0.3) is 0 Å². The van der Waals surface area contributed by atoms with Crippen molar-refractivity contribution in [2.75, 3.05) is 13.6 Å². The van der Waals surface area contributed by atoms with Crippen molar-refractivity contribution < 1.29 is 9.90 Å². The molecule has 1 unspecified atom stereocenters. The van der Waals surface area contributed by atoms with Gasteiger partial charge in [0.05, 0.1) is 15.5 Å². The molecule has 1 rings (SSSR count). The summed E-state index contributed by atoms with van der Waals surface area (Å²) in [6, 6.07) is 5.32. The van der Waals surface area contributed by atoms with Gasteiger partial charge in [0.1, 0.15) is 0 Å². The Morgan fingerprint density at radius 1 is 1.33 bits per heavy atom. The average Bonchev–Trinajstić information content (AvgIpc) is 2.46. The molecule has 0 aromatic heterocycles. The van der Waals surface area contributed by atoms with Crippen molar-refractivity contribution in [2.45, 2.75) is 38.1 Å². The molecule has 1 atom stereocenters. The predicted octanol–water partition coefficient (Wildman–Crippen LogP) is 5.29. The van der Waals surface area contributed by atoms with E-state index in [-0.39, 0.29) is 6.54 Å². The normalized spacial score (nSPS) is 14.4. The Labute approximate surface area is 153 Å². The third-order valence-electron chi connectivity index (χ3n) is 3.86. The van der Waals surface area contributed by atoms with Crippen LogP contribution in [0.3, 0.4) is 0 Å². The molecule has 1 amide bonds. The number of carboxylic acid groups (broad SMARTS) is 1. The zero-order valence-electron chi connectivity index (χ0n) is 14.5. The number of hydrogen-bond donors (Lipinski definition) is 1. The highest BCUT2D eigenvalue weighted by atomic mass is 35.5.